The van der Waals surface area contributed by atoms with Gasteiger partial charge in [0.2, 0.25) is 4.96 Å². The van der Waals surface area contributed by atoms with Crippen LogP contribution >= 0.6 is 11.3 Å². The van der Waals surface area contributed by atoms with Crippen LogP contribution in [0.3, 0.4) is 0 Å². The maximum absolute atomic E-state index is 5.39. The Balaban J connectivity index is 1.78. The smallest absolute Gasteiger partial charge is 0.235 e. The monoisotopic (exact) mass is 381 g/mol. The highest BCUT2D eigenvalue weighted by molar-refractivity contribution is 7.19. The fourth-order valence-electron chi connectivity index (χ4n) is 2.81. The van der Waals surface area contributed by atoms with Crippen molar-refractivity contribution in [3.63, 3.8) is 0 Å². The van der Waals surface area contributed by atoms with E-state index in [-0.39, 0.29) is 0 Å². The van der Waals surface area contributed by atoms with Crippen LogP contribution < -0.4 is 14.4 Å². The number of hydrogen-bond acceptors (Lipinski definition) is 7. The minimum Gasteiger partial charge on any atom is -0.493 e. The van der Waals surface area contributed by atoms with Crippen LogP contribution in [0.5, 0.6) is 11.5 Å². The van der Waals surface area contributed by atoms with Crippen molar-refractivity contribution in [2.45, 2.75) is 0 Å². The second kappa shape index (κ2) is 6.88. The summed E-state index contributed by atoms with van der Waals surface area (Å²) < 4.78 is 12.5. The van der Waals surface area contributed by atoms with Crippen LogP contribution in [0.1, 0.15) is 0 Å². The van der Waals surface area contributed by atoms with E-state index in [1.807, 2.05) is 38.4 Å². The predicted molar refractivity (Wildman–Crippen MR) is 107 cm³/mol. The Bertz CT molecular complexity index is 1100. The number of aromatic nitrogens is 4. The number of rotatable bonds is 5. The van der Waals surface area contributed by atoms with Crippen molar-refractivity contribution in [3.05, 3.63) is 42.5 Å². The van der Waals surface area contributed by atoms with Gasteiger partial charge in [0.1, 0.15) is 5.01 Å². The molecule has 0 amide bonds. The van der Waals surface area contributed by atoms with Gasteiger partial charge in [-0.25, -0.2) is 0 Å². The van der Waals surface area contributed by atoms with Crippen LogP contribution in [0.15, 0.2) is 42.5 Å². The summed E-state index contributed by atoms with van der Waals surface area (Å²) in [7, 11) is 7.26. The molecule has 27 heavy (non-hydrogen) atoms. The lowest BCUT2D eigenvalue weighted by Crippen LogP contribution is -2.08. The van der Waals surface area contributed by atoms with Crippen molar-refractivity contribution in [2.24, 2.45) is 0 Å². The molecule has 2 heterocycles. The SMILES string of the molecule is COc1ccc(-c2nnc3sc(-c4cccc(N(C)C)c4)nn23)cc1OC. The zero-order valence-electron chi connectivity index (χ0n) is 15.5. The first kappa shape index (κ1) is 17.3. The summed E-state index contributed by atoms with van der Waals surface area (Å²) in [6, 6.07) is 13.9. The topological polar surface area (TPSA) is 64.8 Å². The minimum atomic E-state index is 0.640. The zero-order chi connectivity index (χ0) is 19.0. The third-order valence-electron chi connectivity index (χ3n) is 4.24. The molecule has 2 aromatic carbocycles. The maximum atomic E-state index is 5.39. The molecule has 0 aliphatic heterocycles. The number of methoxy groups -OCH3 is 2. The van der Waals surface area contributed by atoms with Crippen molar-refractivity contribution < 1.29 is 9.47 Å². The van der Waals surface area contributed by atoms with Gasteiger partial charge < -0.3 is 14.4 Å². The average Bonchev–Trinajstić information content (AvgIpc) is 3.28. The Morgan fingerprint density at radius 3 is 2.48 bits per heavy atom. The lowest BCUT2D eigenvalue weighted by atomic mass is 10.2. The lowest BCUT2D eigenvalue weighted by Gasteiger charge is -2.12. The number of nitrogens with zero attached hydrogens (tertiary/aromatic N) is 5. The molecule has 0 aliphatic carbocycles. The van der Waals surface area contributed by atoms with Crippen LogP contribution in [-0.4, -0.2) is 48.1 Å². The van der Waals surface area contributed by atoms with E-state index in [2.05, 4.69) is 33.3 Å². The molecule has 4 aromatic rings. The van der Waals surface area contributed by atoms with Gasteiger partial charge in [-0.1, -0.05) is 23.5 Å². The molecule has 0 unspecified atom stereocenters. The Hall–Kier alpha value is -3.13. The van der Waals surface area contributed by atoms with E-state index in [9.17, 15) is 0 Å². The molecule has 0 atom stereocenters. The highest BCUT2D eigenvalue weighted by Gasteiger charge is 2.16. The third kappa shape index (κ3) is 3.08. The second-order valence-electron chi connectivity index (χ2n) is 6.14. The van der Waals surface area contributed by atoms with E-state index in [0.717, 1.165) is 26.8 Å². The predicted octanol–water partition coefficient (Wildman–Crippen LogP) is 3.60. The molecule has 7 nitrogen and oxygen atoms in total. The van der Waals surface area contributed by atoms with Gasteiger partial charge in [0, 0.05) is 30.9 Å². The van der Waals surface area contributed by atoms with Crippen molar-refractivity contribution in [1.29, 1.82) is 0 Å². The molecule has 0 fully saturated rings. The number of ether oxygens (including phenoxy) is 2. The fourth-order valence-corrected chi connectivity index (χ4v) is 3.64. The highest BCUT2D eigenvalue weighted by Crippen LogP contribution is 2.33. The molecular weight excluding hydrogens is 362 g/mol. The van der Waals surface area contributed by atoms with E-state index in [4.69, 9.17) is 14.6 Å². The van der Waals surface area contributed by atoms with E-state index < -0.39 is 0 Å². The minimum absolute atomic E-state index is 0.640. The van der Waals surface area contributed by atoms with Crippen LogP contribution in [0.4, 0.5) is 5.69 Å². The van der Waals surface area contributed by atoms with E-state index in [0.29, 0.717) is 17.3 Å². The summed E-state index contributed by atoms with van der Waals surface area (Å²) in [5.74, 6) is 1.97. The van der Waals surface area contributed by atoms with Crippen LogP contribution in [0, 0.1) is 0 Å². The molecule has 138 valence electrons. The first-order valence-corrected chi connectivity index (χ1v) is 9.14. The van der Waals surface area contributed by atoms with Gasteiger partial charge in [-0.15, -0.1) is 10.2 Å². The van der Waals surface area contributed by atoms with Crippen LogP contribution in [-0.2, 0) is 0 Å². The molecule has 4 rings (SSSR count). The number of fused-ring (bicyclic) bond motifs is 1. The molecule has 0 bridgehead atoms. The normalized spacial score (nSPS) is 11.0. The quantitative estimate of drug-likeness (QED) is 0.526. The fraction of sp³-hybridized carbons (Fsp3) is 0.211. The Labute approximate surface area is 160 Å². The first-order valence-electron chi connectivity index (χ1n) is 8.33. The summed E-state index contributed by atoms with van der Waals surface area (Å²) in [5, 5.41) is 14.2. The van der Waals surface area contributed by atoms with Gasteiger partial charge in [0.15, 0.2) is 17.3 Å². The van der Waals surface area contributed by atoms with Gasteiger partial charge in [-0.05, 0) is 30.3 Å². The molecule has 0 aliphatic rings. The largest absolute Gasteiger partial charge is 0.493 e. The van der Waals surface area contributed by atoms with Crippen molar-refractivity contribution in [2.75, 3.05) is 33.2 Å². The van der Waals surface area contributed by atoms with Crippen molar-refractivity contribution >= 4 is 22.0 Å². The van der Waals surface area contributed by atoms with E-state index in [1.165, 1.54) is 11.3 Å². The van der Waals surface area contributed by atoms with Crippen LogP contribution in [0.2, 0.25) is 0 Å². The Morgan fingerprint density at radius 2 is 1.74 bits per heavy atom. The maximum Gasteiger partial charge on any atom is 0.235 e. The third-order valence-corrected chi connectivity index (χ3v) is 5.19. The standard InChI is InChI=1S/C19H19N5O2S/c1-23(2)14-7-5-6-13(10-14)18-22-24-17(20-21-19(24)27-18)12-8-9-15(25-3)16(11-12)26-4/h5-11H,1-4H3. The number of benzene rings is 2. The van der Waals surface area contributed by atoms with E-state index >= 15 is 0 Å². The van der Waals surface area contributed by atoms with Gasteiger partial charge in [0.05, 0.1) is 14.2 Å². The summed E-state index contributed by atoms with van der Waals surface area (Å²) in [4.78, 5) is 2.81. The lowest BCUT2D eigenvalue weighted by molar-refractivity contribution is 0.355. The number of anilines is 1. The van der Waals surface area contributed by atoms with Gasteiger partial charge in [-0.3, -0.25) is 0 Å². The zero-order valence-corrected chi connectivity index (χ0v) is 16.3. The first-order chi connectivity index (χ1) is 13.1. The second-order valence-corrected chi connectivity index (χ2v) is 7.10. The number of hydrogen-bond donors (Lipinski definition) is 0. The molecular formula is C19H19N5O2S. The Morgan fingerprint density at radius 1 is 0.926 bits per heavy atom. The molecule has 2 aromatic heterocycles. The highest BCUT2D eigenvalue weighted by atomic mass is 32.1. The molecule has 0 saturated heterocycles. The van der Waals surface area contributed by atoms with E-state index in [1.54, 1.807) is 18.7 Å². The van der Waals surface area contributed by atoms with Crippen molar-refractivity contribution in [3.8, 4) is 33.5 Å². The van der Waals surface area contributed by atoms with Gasteiger partial charge in [0.25, 0.3) is 0 Å². The van der Waals surface area contributed by atoms with Crippen LogP contribution in [0.25, 0.3) is 26.9 Å². The Kier molecular flexibility index (Phi) is 4.41. The summed E-state index contributed by atoms with van der Waals surface area (Å²) in [6.45, 7) is 0. The summed E-state index contributed by atoms with van der Waals surface area (Å²) in [5.41, 5.74) is 3.03. The molecule has 0 spiro atoms. The van der Waals surface area contributed by atoms with Gasteiger partial charge >= 0.3 is 0 Å². The summed E-state index contributed by atoms with van der Waals surface area (Å²) >= 11 is 1.51. The molecule has 0 radical (unpaired) electrons. The van der Waals surface area contributed by atoms with Gasteiger partial charge in [-0.2, -0.15) is 9.61 Å². The molecule has 0 N–H and O–H groups in total. The summed E-state index contributed by atoms with van der Waals surface area (Å²) in [6.07, 6.45) is 0. The van der Waals surface area contributed by atoms with Crippen molar-refractivity contribution in [1.82, 2.24) is 19.8 Å². The molecule has 8 heteroatoms. The molecule has 0 saturated carbocycles. The average molecular weight is 381 g/mol.